The van der Waals surface area contributed by atoms with E-state index in [0.29, 0.717) is 0 Å². The summed E-state index contributed by atoms with van der Waals surface area (Å²) in [5.74, 6) is -2.00. The molecule has 1 heterocycles. The predicted octanol–water partition coefficient (Wildman–Crippen LogP) is 2.09. The smallest absolute Gasteiger partial charge is 0.295 e. The molecule has 0 aliphatic heterocycles. The number of amides is 1. The van der Waals surface area contributed by atoms with E-state index in [4.69, 9.17) is 0 Å². The second-order valence-electron chi connectivity index (χ2n) is 3.78. The van der Waals surface area contributed by atoms with E-state index in [1.54, 1.807) is 0 Å². The molecule has 0 aliphatic rings. The van der Waals surface area contributed by atoms with Crippen molar-refractivity contribution in [1.29, 1.82) is 0 Å². The normalized spacial score (nSPS) is 10.1. The summed E-state index contributed by atoms with van der Waals surface area (Å²) >= 11 is 0. The molecule has 2 aromatic rings. The number of carbonyl (C=O) groups is 1. The van der Waals surface area contributed by atoms with E-state index in [2.05, 4.69) is 10.3 Å². The molecule has 0 fully saturated rings. The number of pyridine rings is 1. The van der Waals surface area contributed by atoms with E-state index in [9.17, 15) is 24.4 Å². The van der Waals surface area contributed by atoms with Gasteiger partial charge in [-0.15, -0.1) is 0 Å². The Morgan fingerprint density at radius 3 is 2.80 bits per heavy atom. The zero-order chi connectivity index (χ0) is 14.7. The average Bonchev–Trinajstić information content (AvgIpc) is 2.40. The lowest BCUT2D eigenvalue weighted by atomic mass is 10.2. The van der Waals surface area contributed by atoms with Crippen molar-refractivity contribution < 1.29 is 19.2 Å². The van der Waals surface area contributed by atoms with Crippen molar-refractivity contribution >= 4 is 17.3 Å². The predicted molar refractivity (Wildman–Crippen MR) is 66.9 cm³/mol. The van der Waals surface area contributed by atoms with Crippen LogP contribution in [0.15, 0.2) is 36.7 Å². The molecule has 0 atom stereocenters. The first-order valence-corrected chi connectivity index (χ1v) is 5.37. The molecule has 8 heteroatoms. The molecule has 0 saturated carbocycles. The Balaban J connectivity index is 2.35. The Kier molecular flexibility index (Phi) is 3.56. The fourth-order valence-corrected chi connectivity index (χ4v) is 1.53. The lowest BCUT2D eigenvalue weighted by Crippen LogP contribution is -2.14. The van der Waals surface area contributed by atoms with E-state index < -0.39 is 28.0 Å². The van der Waals surface area contributed by atoms with Gasteiger partial charge in [-0.05, 0) is 12.1 Å². The quantitative estimate of drug-likeness (QED) is 0.660. The first-order chi connectivity index (χ1) is 9.49. The summed E-state index contributed by atoms with van der Waals surface area (Å²) in [7, 11) is 0. The van der Waals surface area contributed by atoms with Crippen molar-refractivity contribution in [2.45, 2.75) is 0 Å². The summed E-state index contributed by atoms with van der Waals surface area (Å²) in [6, 6.07) is 4.33. The second-order valence-corrected chi connectivity index (χ2v) is 3.78. The minimum Gasteiger partial charge on any atom is -0.506 e. The van der Waals surface area contributed by atoms with Crippen LogP contribution in [0.5, 0.6) is 5.75 Å². The van der Waals surface area contributed by atoms with Crippen LogP contribution in [0.25, 0.3) is 0 Å². The molecule has 1 amide bonds. The van der Waals surface area contributed by atoms with Gasteiger partial charge in [0.1, 0.15) is 5.75 Å². The molecular weight excluding hydrogens is 269 g/mol. The van der Waals surface area contributed by atoms with Crippen LogP contribution < -0.4 is 5.32 Å². The summed E-state index contributed by atoms with van der Waals surface area (Å²) in [6.45, 7) is 0. The number of aromatic nitrogens is 1. The van der Waals surface area contributed by atoms with Crippen LogP contribution in [-0.4, -0.2) is 20.9 Å². The number of halogens is 1. The Morgan fingerprint density at radius 1 is 1.40 bits per heavy atom. The first-order valence-electron chi connectivity index (χ1n) is 5.37. The van der Waals surface area contributed by atoms with Gasteiger partial charge in [-0.2, -0.15) is 0 Å². The number of para-hydroxylation sites is 1. The number of nitro groups is 1. The van der Waals surface area contributed by atoms with Gasteiger partial charge in [0.2, 0.25) is 0 Å². The second kappa shape index (κ2) is 5.31. The third kappa shape index (κ3) is 2.69. The van der Waals surface area contributed by atoms with Crippen LogP contribution in [-0.2, 0) is 0 Å². The molecule has 0 saturated heterocycles. The SMILES string of the molecule is O=C(Nc1c(F)cccc1[N+](=O)[O-])c1cncc(O)c1. The zero-order valence-corrected chi connectivity index (χ0v) is 9.91. The average molecular weight is 277 g/mol. The highest BCUT2D eigenvalue weighted by atomic mass is 19.1. The minimum absolute atomic E-state index is 0.0532. The Morgan fingerprint density at radius 2 is 2.15 bits per heavy atom. The number of aromatic hydroxyl groups is 1. The summed E-state index contributed by atoms with van der Waals surface area (Å²) < 4.78 is 13.6. The summed E-state index contributed by atoms with van der Waals surface area (Å²) in [5.41, 5.74) is -1.15. The molecule has 20 heavy (non-hydrogen) atoms. The highest BCUT2D eigenvalue weighted by molar-refractivity contribution is 6.05. The minimum atomic E-state index is -0.930. The number of anilines is 1. The number of benzene rings is 1. The lowest BCUT2D eigenvalue weighted by Gasteiger charge is -2.07. The van der Waals surface area contributed by atoms with Crippen molar-refractivity contribution in [3.63, 3.8) is 0 Å². The number of carbonyl (C=O) groups excluding carboxylic acids is 1. The summed E-state index contributed by atoms with van der Waals surface area (Å²) in [5, 5.41) is 22.1. The molecule has 2 rings (SSSR count). The molecule has 0 radical (unpaired) electrons. The zero-order valence-electron chi connectivity index (χ0n) is 9.91. The van der Waals surface area contributed by atoms with Gasteiger partial charge in [0.05, 0.1) is 16.7 Å². The molecule has 0 bridgehead atoms. The summed E-state index contributed by atoms with van der Waals surface area (Å²) in [6.07, 6.45) is 2.25. The third-order valence-corrected chi connectivity index (χ3v) is 2.41. The van der Waals surface area contributed by atoms with Crippen LogP contribution >= 0.6 is 0 Å². The molecule has 0 unspecified atom stereocenters. The molecule has 0 spiro atoms. The number of hydrogen-bond donors (Lipinski definition) is 2. The Bertz CT molecular complexity index is 690. The fraction of sp³-hybridized carbons (Fsp3) is 0. The molecule has 1 aromatic carbocycles. The number of rotatable bonds is 3. The monoisotopic (exact) mass is 277 g/mol. The standard InChI is InChI=1S/C12H8FN3O4/c13-9-2-1-3-10(16(19)20)11(9)15-12(18)7-4-8(17)6-14-5-7/h1-6,17H,(H,15,18). The van der Waals surface area contributed by atoms with Crippen LogP contribution in [0.1, 0.15) is 10.4 Å². The fourth-order valence-electron chi connectivity index (χ4n) is 1.53. The number of nitro benzene ring substituents is 1. The highest BCUT2D eigenvalue weighted by Gasteiger charge is 2.20. The van der Waals surface area contributed by atoms with E-state index in [-0.39, 0.29) is 11.3 Å². The van der Waals surface area contributed by atoms with E-state index in [1.807, 2.05) is 0 Å². The van der Waals surface area contributed by atoms with Crippen molar-refractivity contribution in [3.05, 3.63) is 58.2 Å². The van der Waals surface area contributed by atoms with E-state index >= 15 is 0 Å². The molecule has 0 aliphatic carbocycles. The number of nitrogens with zero attached hydrogens (tertiary/aromatic N) is 2. The molecular formula is C12H8FN3O4. The van der Waals surface area contributed by atoms with Crippen molar-refractivity contribution in [3.8, 4) is 5.75 Å². The van der Waals surface area contributed by atoms with Crippen LogP contribution in [0.4, 0.5) is 15.8 Å². The van der Waals surface area contributed by atoms with E-state index in [0.717, 1.165) is 30.6 Å². The van der Waals surface area contributed by atoms with Crippen LogP contribution in [0.3, 0.4) is 0 Å². The molecule has 102 valence electrons. The Hall–Kier alpha value is -3.03. The highest BCUT2D eigenvalue weighted by Crippen LogP contribution is 2.27. The van der Waals surface area contributed by atoms with Gasteiger partial charge in [0.25, 0.3) is 11.6 Å². The van der Waals surface area contributed by atoms with Gasteiger partial charge >= 0.3 is 0 Å². The maximum atomic E-state index is 13.6. The topological polar surface area (TPSA) is 105 Å². The van der Waals surface area contributed by atoms with Crippen molar-refractivity contribution in [1.82, 2.24) is 4.98 Å². The molecule has 1 aromatic heterocycles. The van der Waals surface area contributed by atoms with Gasteiger partial charge in [-0.25, -0.2) is 4.39 Å². The maximum Gasteiger partial charge on any atom is 0.295 e. The summed E-state index contributed by atoms with van der Waals surface area (Å²) in [4.78, 5) is 25.4. The van der Waals surface area contributed by atoms with Gasteiger partial charge in [-0.3, -0.25) is 19.9 Å². The largest absolute Gasteiger partial charge is 0.506 e. The maximum absolute atomic E-state index is 13.6. The van der Waals surface area contributed by atoms with Gasteiger partial charge < -0.3 is 10.4 Å². The lowest BCUT2D eigenvalue weighted by molar-refractivity contribution is -0.384. The number of hydrogen-bond acceptors (Lipinski definition) is 5. The van der Waals surface area contributed by atoms with Gasteiger partial charge in [0, 0.05) is 12.3 Å². The molecule has 7 nitrogen and oxygen atoms in total. The van der Waals surface area contributed by atoms with Gasteiger partial charge in [-0.1, -0.05) is 6.07 Å². The van der Waals surface area contributed by atoms with Crippen molar-refractivity contribution in [2.24, 2.45) is 0 Å². The Labute approximate surface area is 111 Å². The van der Waals surface area contributed by atoms with E-state index in [1.165, 1.54) is 6.07 Å². The third-order valence-electron chi connectivity index (χ3n) is 2.41. The molecule has 2 N–H and O–H groups in total. The van der Waals surface area contributed by atoms with Crippen LogP contribution in [0, 0.1) is 15.9 Å². The van der Waals surface area contributed by atoms with Crippen LogP contribution in [0.2, 0.25) is 0 Å². The van der Waals surface area contributed by atoms with Gasteiger partial charge in [0.15, 0.2) is 11.5 Å². The number of nitrogens with one attached hydrogen (secondary N) is 1. The first kappa shape index (κ1) is 13.4. The van der Waals surface area contributed by atoms with Crippen molar-refractivity contribution in [2.75, 3.05) is 5.32 Å².